The Morgan fingerprint density at radius 2 is 1.74 bits per heavy atom. The quantitative estimate of drug-likeness (QED) is 0.819. The summed E-state index contributed by atoms with van der Waals surface area (Å²) in [7, 11) is 4.45. The Morgan fingerprint density at radius 3 is 2.11 bits per heavy atom. The van der Waals surface area contributed by atoms with Crippen LogP contribution in [-0.4, -0.2) is 25.0 Å². The average molecular weight is 260 g/mol. The van der Waals surface area contributed by atoms with Crippen LogP contribution in [0.2, 0.25) is 0 Å². The van der Waals surface area contributed by atoms with Gasteiger partial charge < -0.3 is 10.6 Å². The molecule has 2 rings (SSSR count). The van der Waals surface area contributed by atoms with Gasteiger partial charge in [0, 0.05) is 17.1 Å². The maximum absolute atomic E-state index is 5.84. The zero-order chi connectivity index (χ0) is 14.0. The molecule has 1 atom stereocenters. The van der Waals surface area contributed by atoms with E-state index in [1.54, 1.807) is 0 Å². The van der Waals surface area contributed by atoms with Crippen molar-refractivity contribution in [3.05, 3.63) is 29.8 Å². The smallest absolute Gasteiger partial charge is 0.0314 e. The van der Waals surface area contributed by atoms with E-state index >= 15 is 0 Å². The molecule has 1 unspecified atom stereocenters. The third kappa shape index (κ3) is 2.79. The predicted octanol–water partition coefficient (Wildman–Crippen LogP) is 3.67. The molecule has 1 aromatic rings. The summed E-state index contributed by atoms with van der Waals surface area (Å²) in [4.78, 5) is 2.43. The van der Waals surface area contributed by atoms with E-state index in [1.807, 2.05) is 0 Å². The molecule has 0 aromatic heterocycles. The fourth-order valence-corrected chi connectivity index (χ4v) is 3.56. The maximum Gasteiger partial charge on any atom is 0.0314 e. The van der Waals surface area contributed by atoms with Crippen molar-refractivity contribution in [3.8, 4) is 0 Å². The largest absolute Gasteiger partial charge is 0.399 e. The summed E-state index contributed by atoms with van der Waals surface area (Å²) in [6, 6.07) is 9.22. The van der Waals surface area contributed by atoms with Crippen molar-refractivity contribution in [2.24, 2.45) is 5.92 Å². The topological polar surface area (TPSA) is 29.3 Å². The van der Waals surface area contributed by atoms with E-state index in [4.69, 9.17) is 5.73 Å². The summed E-state index contributed by atoms with van der Waals surface area (Å²) >= 11 is 0. The molecule has 1 saturated carbocycles. The Balaban J connectivity index is 2.31. The third-order valence-electron chi connectivity index (χ3n) is 4.69. The van der Waals surface area contributed by atoms with E-state index in [0.717, 1.165) is 11.6 Å². The van der Waals surface area contributed by atoms with Crippen LogP contribution in [0.5, 0.6) is 0 Å². The van der Waals surface area contributed by atoms with Crippen molar-refractivity contribution < 1.29 is 0 Å². The highest BCUT2D eigenvalue weighted by Crippen LogP contribution is 2.49. The van der Waals surface area contributed by atoms with E-state index in [0.29, 0.717) is 11.5 Å². The molecule has 0 bridgehead atoms. The molecule has 0 aliphatic heterocycles. The predicted molar refractivity (Wildman–Crippen MR) is 83.3 cm³/mol. The first-order valence-electron chi connectivity index (χ1n) is 7.48. The maximum atomic E-state index is 5.84. The summed E-state index contributed by atoms with van der Waals surface area (Å²) in [6.07, 6.45) is 5.24. The molecule has 106 valence electrons. The van der Waals surface area contributed by atoms with E-state index in [-0.39, 0.29) is 0 Å². The lowest BCUT2D eigenvalue weighted by molar-refractivity contribution is 0.0808. The summed E-state index contributed by atoms with van der Waals surface area (Å²) in [5, 5.41) is 0. The van der Waals surface area contributed by atoms with Gasteiger partial charge in [-0.2, -0.15) is 0 Å². The number of likely N-dealkylation sites (N-methyl/N-ethyl adjacent to an activating group) is 1. The Labute approximate surface area is 118 Å². The van der Waals surface area contributed by atoms with Crippen molar-refractivity contribution in [2.75, 3.05) is 19.8 Å². The summed E-state index contributed by atoms with van der Waals surface area (Å²) in [6.45, 7) is 4.65. The molecule has 0 heterocycles. The molecule has 0 saturated heterocycles. The molecule has 0 spiro atoms. The van der Waals surface area contributed by atoms with Gasteiger partial charge in [-0.15, -0.1) is 0 Å². The summed E-state index contributed by atoms with van der Waals surface area (Å²) in [5.41, 5.74) is 8.53. The minimum Gasteiger partial charge on any atom is -0.399 e. The lowest BCUT2D eigenvalue weighted by atomic mass is 9.58. The number of nitrogens with two attached hydrogens (primary N) is 1. The zero-order valence-corrected chi connectivity index (χ0v) is 12.8. The Kier molecular flexibility index (Phi) is 4.19. The van der Waals surface area contributed by atoms with Gasteiger partial charge in [0.05, 0.1) is 0 Å². The second-order valence-corrected chi connectivity index (χ2v) is 6.74. The first kappa shape index (κ1) is 14.4. The van der Waals surface area contributed by atoms with E-state index in [9.17, 15) is 0 Å². The lowest BCUT2D eigenvalue weighted by Gasteiger charge is -2.51. The van der Waals surface area contributed by atoms with Crippen LogP contribution in [0.15, 0.2) is 24.3 Å². The summed E-state index contributed by atoms with van der Waals surface area (Å²) < 4.78 is 0. The molecular weight excluding hydrogens is 232 g/mol. The van der Waals surface area contributed by atoms with Gasteiger partial charge in [-0.05, 0) is 57.0 Å². The van der Waals surface area contributed by atoms with Gasteiger partial charge in [-0.25, -0.2) is 0 Å². The molecule has 2 nitrogen and oxygen atoms in total. The van der Waals surface area contributed by atoms with Crippen LogP contribution in [0.25, 0.3) is 0 Å². The average Bonchev–Trinajstić information content (AvgIpc) is 2.28. The number of nitrogen functional groups attached to an aromatic ring is 1. The monoisotopic (exact) mass is 260 g/mol. The molecule has 0 radical (unpaired) electrons. The van der Waals surface area contributed by atoms with Crippen LogP contribution >= 0.6 is 0 Å². The zero-order valence-electron chi connectivity index (χ0n) is 12.8. The van der Waals surface area contributed by atoms with E-state index < -0.39 is 0 Å². The van der Waals surface area contributed by atoms with Crippen molar-refractivity contribution in [3.63, 3.8) is 0 Å². The number of benzene rings is 1. The van der Waals surface area contributed by atoms with Crippen molar-refractivity contribution in [2.45, 2.75) is 51.0 Å². The molecule has 1 aliphatic carbocycles. The van der Waals surface area contributed by atoms with Crippen LogP contribution in [0.4, 0.5) is 5.69 Å². The normalized spacial score (nSPS) is 19.5. The molecule has 19 heavy (non-hydrogen) atoms. The van der Waals surface area contributed by atoms with Crippen LogP contribution in [0, 0.1) is 5.92 Å². The van der Waals surface area contributed by atoms with E-state index in [1.165, 1.54) is 31.2 Å². The highest BCUT2D eigenvalue weighted by molar-refractivity contribution is 5.43. The van der Waals surface area contributed by atoms with Crippen LogP contribution in [0.3, 0.4) is 0 Å². The number of rotatable bonds is 5. The molecule has 1 aromatic carbocycles. The SMILES string of the molecule is CC(C)CC(N(C)C)C1(c2ccc(N)cc2)CCC1. The van der Waals surface area contributed by atoms with Crippen molar-refractivity contribution in [1.82, 2.24) is 4.90 Å². The van der Waals surface area contributed by atoms with Crippen LogP contribution in [0.1, 0.15) is 45.1 Å². The standard InChI is InChI=1S/C17H28N2/c1-13(2)12-16(19(3)4)17(10-5-11-17)14-6-8-15(18)9-7-14/h6-9,13,16H,5,10-12,18H2,1-4H3. The van der Waals surface area contributed by atoms with Crippen LogP contribution in [-0.2, 0) is 5.41 Å². The Bertz CT molecular complexity index is 402. The summed E-state index contributed by atoms with van der Waals surface area (Å²) in [5.74, 6) is 0.735. The number of hydrogen-bond donors (Lipinski definition) is 1. The van der Waals surface area contributed by atoms with Gasteiger partial charge in [0.1, 0.15) is 0 Å². The van der Waals surface area contributed by atoms with Gasteiger partial charge in [0.25, 0.3) is 0 Å². The van der Waals surface area contributed by atoms with Crippen LogP contribution < -0.4 is 5.73 Å². The number of hydrogen-bond acceptors (Lipinski definition) is 2. The fraction of sp³-hybridized carbons (Fsp3) is 0.647. The number of nitrogens with zero attached hydrogens (tertiary/aromatic N) is 1. The molecular formula is C17H28N2. The van der Waals surface area contributed by atoms with Gasteiger partial charge in [-0.1, -0.05) is 32.4 Å². The lowest BCUT2D eigenvalue weighted by Crippen LogP contribution is -2.52. The second kappa shape index (κ2) is 5.54. The molecule has 1 aliphatic rings. The minimum atomic E-state index is 0.349. The van der Waals surface area contributed by atoms with Crippen molar-refractivity contribution >= 4 is 5.69 Å². The molecule has 1 fully saturated rings. The molecule has 2 N–H and O–H groups in total. The molecule has 2 heteroatoms. The third-order valence-corrected chi connectivity index (χ3v) is 4.69. The highest BCUT2D eigenvalue weighted by atomic mass is 15.1. The number of anilines is 1. The molecule has 0 amide bonds. The second-order valence-electron chi connectivity index (χ2n) is 6.74. The van der Waals surface area contributed by atoms with Gasteiger partial charge in [-0.3, -0.25) is 0 Å². The van der Waals surface area contributed by atoms with Gasteiger partial charge in [0.2, 0.25) is 0 Å². The first-order valence-corrected chi connectivity index (χ1v) is 7.48. The fourth-order valence-electron chi connectivity index (χ4n) is 3.56. The minimum absolute atomic E-state index is 0.349. The highest BCUT2D eigenvalue weighted by Gasteiger charge is 2.46. The van der Waals surface area contributed by atoms with E-state index in [2.05, 4.69) is 57.1 Å². The van der Waals surface area contributed by atoms with Gasteiger partial charge >= 0.3 is 0 Å². The Hall–Kier alpha value is -1.02. The first-order chi connectivity index (χ1) is 8.95. The van der Waals surface area contributed by atoms with Gasteiger partial charge in [0.15, 0.2) is 0 Å². The van der Waals surface area contributed by atoms with Crippen molar-refractivity contribution in [1.29, 1.82) is 0 Å². The Morgan fingerprint density at radius 1 is 1.16 bits per heavy atom.